The summed E-state index contributed by atoms with van der Waals surface area (Å²) in [5, 5.41) is 0. The first-order chi connectivity index (χ1) is 9.15. The van der Waals surface area contributed by atoms with Gasteiger partial charge in [-0.25, -0.2) is 13.1 Å². The minimum atomic E-state index is -3.57. The van der Waals surface area contributed by atoms with E-state index in [0.29, 0.717) is 5.69 Å². The molecule has 1 aliphatic carbocycles. The Hall–Kier alpha value is -1.07. The number of sulfonamides is 1. The fourth-order valence-electron chi connectivity index (χ4n) is 2.96. The lowest BCUT2D eigenvalue weighted by Gasteiger charge is -2.28. The van der Waals surface area contributed by atoms with E-state index >= 15 is 0 Å². The van der Waals surface area contributed by atoms with Gasteiger partial charge in [0.15, 0.2) is 0 Å². The second kappa shape index (κ2) is 5.04. The minimum Gasteiger partial charge on any atom is -0.398 e. The number of nitrogens with one attached hydrogen (secondary N) is 1. The molecule has 20 heavy (non-hydrogen) atoms. The van der Waals surface area contributed by atoms with E-state index in [1.165, 1.54) is 0 Å². The van der Waals surface area contributed by atoms with Crippen LogP contribution in [0.1, 0.15) is 44.2 Å². The highest BCUT2D eigenvalue weighted by Crippen LogP contribution is 2.38. The topological polar surface area (TPSA) is 72.2 Å². The van der Waals surface area contributed by atoms with Crippen molar-refractivity contribution < 1.29 is 8.42 Å². The zero-order valence-corrected chi connectivity index (χ0v) is 13.5. The number of aryl methyl sites for hydroxylation is 1. The molecule has 0 amide bonds. The van der Waals surface area contributed by atoms with Gasteiger partial charge in [0.25, 0.3) is 0 Å². The van der Waals surface area contributed by atoms with Gasteiger partial charge in [0.2, 0.25) is 10.0 Å². The Labute approximate surface area is 121 Å². The van der Waals surface area contributed by atoms with Crippen molar-refractivity contribution in [2.45, 2.75) is 57.9 Å². The standard InChI is InChI=1S/C15H24N2O2S/c1-10-7-8-12(16)14(11(10)2)20(18,19)17-13-6-5-9-15(13,3)4/h7-8,13,17H,5-6,9,16H2,1-4H3. The molecule has 0 aliphatic heterocycles. The zero-order valence-electron chi connectivity index (χ0n) is 12.7. The van der Waals surface area contributed by atoms with Crippen LogP contribution in [-0.2, 0) is 10.0 Å². The minimum absolute atomic E-state index is 0.000435. The van der Waals surface area contributed by atoms with Crippen molar-refractivity contribution in [1.82, 2.24) is 4.72 Å². The van der Waals surface area contributed by atoms with Crippen molar-refractivity contribution in [2.24, 2.45) is 5.41 Å². The van der Waals surface area contributed by atoms with Gasteiger partial charge in [-0.2, -0.15) is 0 Å². The van der Waals surface area contributed by atoms with Crippen LogP contribution in [0.15, 0.2) is 17.0 Å². The third-order valence-electron chi connectivity index (χ3n) is 4.53. The molecule has 112 valence electrons. The van der Waals surface area contributed by atoms with Crippen LogP contribution in [0.4, 0.5) is 5.69 Å². The van der Waals surface area contributed by atoms with E-state index in [2.05, 4.69) is 18.6 Å². The average Bonchev–Trinajstić information content (AvgIpc) is 2.63. The Bertz CT molecular complexity index is 621. The largest absolute Gasteiger partial charge is 0.398 e. The highest BCUT2D eigenvalue weighted by atomic mass is 32.2. The molecule has 3 N–H and O–H groups in total. The number of hydrogen-bond donors (Lipinski definition) is 2. The molecule has 1 aromatic rings. The SMILES string of the molecule is Cc1ccc(N)c(S(=O)(=O)NC2CCCC2(C)C)c1C. The number of benzene rings is 1. The van der Waals surface area contributed by atoms with Gasteiger partial charge in [-0.15, -0.1) is 0 Å². The van der Waals surface area contributed by atoms with Crippen molar-refractivity contribution in [1.29, 1.82) is 0 Å². The van der Waals surface area contributed by atoms with E-state index in [0.717, 1.165) is 30.4 Å². The molecule has 1 saturated carbocycles. The van der Waals surface area contributed by atoms with E-state index in [9.17, 15) is 8.42 Å². The quantitative estimate of drug-likeness (QED) is 0.842. The van der Waals surface area contributed by atoms with Crippen LogP contribution in [0.25, 0.3) is 0 Å². The Balaban J connectivity index is 2.39. The Kier molecular flexibility index (Phi) is 3.86. The first-order valence-corrected chi connectivity index (χ1v) is 8.51. The summed E-state index contributed by atoms with van der Waals surface area (Å²) in [7, 11) is -3.57. The smallest absolute Gasteiger partial charge is 0.243 e. The third kappa shape index (κ3) is 2.69. The van der Waals surface area contributed by atoms with Gasteiger partial charge in [-0.1, -0.05) is 26.3 Å². The Morgan fingerprint density at radius 1 is 1.30 bits per heavy atom. The number of nitrogens with two attached hydrogens (primary N) is 1. The summed E-state index contributed by atoms with van der Waals surface area (Å²) >= 11 is 0. The van der Waals surface area contributed by atoms with Gasteiger partial charge >= 0.3 is 0 Å². The van der Waals surface area contributed by atoms with Crippen LogP contribution in [-0.4, -0.2) is 14.5 Å². The highest BCUT2D eigenvalue weighted by Gasteiger charge is 2.38. The first kappa shape index (κ1) is 15.3. The van der Waals surface area contributed by atoms with Crippen LogP contribution < -0.4 is 10.5 Å². The normalized spacial score (nSPS) is 22.1. The first-order valence-electron chi connectivity index (χ1n) is 7.03. The lowest BCUT2D eigenvalue weighted by molar-refractivity contribution is 0.313. The van der Waals surface area contributed by atoms with Crippen LogP contribution in [0.2, 0.25) is 0 Å². The van der Waals surface area contributed by atoms with Crippen LogP contribution in [0, 0.1) is 19.3 Å². The second-order valence-corrected chi connectivity index (χ2v) is 8.13. The lowest BCUT2D eigenvalue weighted by atomic mass is 9.88. The molecule has 0 saturated heterocycles. The number of nitrogen functional groups attached to an aromatic ring is 1. The number of anilines is 1. The Morgan fingerprint density at radius 2 is 1.95 bits per heavy atom. The second-order valence-electron chi connectivity index (χ2n) is 6.48. The molecule has 1 aromatic carbocycles. The number of hydrogen-bond acceptors (Lipinski definition) is 3. The van der Waals surface area contributed by atoms with Crippen LogP contribution >= 0.6 is 0 Å². The van der Waals surface area contributed by atoms with Gasteiger partial charge in [0, 0.05) is 6.04 Å². The van der Waals surface area contributed by atoms with Crippen molar-refractivity contribution in [2.75, 3.05) is 5.73 Å². The fourth-order valence-corrected chi connectivity index (χ4v) is 4.83. The van der Waals surface area contributed by atoms with Gasteiger partial charge in [-0.05, 0) is 49.3 Å². The molecule has 0 aromatic heterocycles. The summed E-state index contributed by atoms with van der Waals surface area (Å²) in [6.07, 6.45) is 2.99. The van der Waals surface area contributed by atoms with Crippen molar-refractivity contribution >= 4 is 15.7 Å². The van der Waals surface area contributed by atoms with E-state index in [4.69, 9.17) is 5.73 Å². The van der Waals surface area contributed by atoms with Gasteiger partial charge in [-0.3, -0.25) is 0 Å². The summed E-state index contributed by atoms with van der Waals surface area (Å²) in [6, 6.07) is 3.49. The summed E-state index contributed by atoms with van der Waals surface area (Å²) in [5.41, 5.74) is 7.88. The van der Waals surface area contributed by atoms with E-state index in [1.54, 1.807) is 13.0 Å². The fraction of sp³-hybridized carbons (Fsp3) is 0.600. The maximum Gasteiger partial charge on any atom is 0.243 e. The van der Waals surface area contributed by atoms with Gasteiger partial charge in [0.05, 0.1) is 5.69 Å². The maximum absolute atomic E-state index is 12.7. The zero-order chi connectivity index (χ0) is 15.1. The molecule has 5 heteroatoms. The summed E-state index contributed by atoms with van der Waals surface area (Å²) < 4.78 is 28.2. The molecule has 1 unspecified atom stereocenters. The predicted octanol–water partition coefficient (Wildman–Crippen LogP) is 2.74. The molecular weight excluding hydrogens is 272 g/mol. The summed E-state index contributed by atoms with van der Waals surface area (Å²) in [6.45, 7) is 7.92. The molecule has 4 nitrogen and oxygen atoms in total. The third-order valence-corrected chi connectivity index (χ3v) is 6.20. The average molecular weight is 296 g/mol. The van der Waals surface area contributed by atoms with E-state index in [-0.39, 0.29) is 16.4 Å². The number of rotatable bonds is 3. The van der Waals surface area contributed by atoms with Gasteiger partial charge in [0.1, 0.15) is 4.90 Å². The van der Waals surface area contributed by atoms with Crippen molar-refractivity contribution in [3.63, 3.8) is 0 Å². The summed E-state index contributed by atoms with van der Waals surface area (Å²) in [5.74, 6) is 0. The molecule has 2 rings (SSSR count). The highest BCUT2D eigenvalue weighted by molar-refractivity contribution is 7.89. The maximum atomic E-state index is 12.7. The Morgan fingerprint density at radius 3 is 2.50 bits per heavy atom. The van der Waals surface area contributed by atoms with Crippen molar-refractivity contribution in [3.8, 4) is 0 Å². The molecule has 0 spiro atoms. The predicted molar refractivity (Wildman–Crippen MR) is 82.1 cm³/mol. The molecule has 0 radical (unpaired) electrons. The van der Waals surface area contributed by atoms with Crippen LogP contribution in [0.3, 0.4) is 0 Å². The molecule has 0 heterocycles. The molecular formula is C15H24N2O2S. The molecule has 0 bridgehead atoms. The lowest BCUT2D eigenvalue weighted by Crippen LogP contribution is -2.41. The molecule has 1 aliphatic rings. The summed E-state index contributed by atoms with van der Waals surface area (Å²) in [4.78, 5) is 0.236. The molecule has 1 fully saturated rings. The van der Waals surface area contributed by atoms with Gasteiger partial charge < -0.3 is 5.73 Å². The van der Waals surface area contributed by atoms with E-state index in [1.807, 2.05) is 13.0 Å². The van der Waals surface area contributed by atoms with E-state index < -0.39 is 10.0 Å². The molecule has 1 atom stereocenters. The van der Waals surface area contributed by atoms with Crippen molar-refractivity contribution in [3.05, 3.63) is 23.3 Å². The van der Waals surface area contributed by atoms with Crippen LogP contribution in [0.5, 0.6) is 0 Å². The monoisotopic (exact) mass is 296 g/mol.